The lowest BCUT2D eigenvalue weighted by Crippen LogP contribution is -1.94. The molecule has 2 heterocycles. The van der Waals surface area contributed by atoms with Crippen LogP contribution in [0.5, 0.6) is 11.5 Å². The normalized spacial score (nSPS) is 10.8. The SMILES string of the molecule is COc1cc(C)c(-c2ccc(-c3ccc(-c4c(C)cc(OC)cc4C)cn3)nc2)c(C)c1. The number of nitrogens with zero attached hydrogens (tertiary/aromatic N) is 2. The monoisotopic (exact) mass is 424 g/mol. The Morgan fingerprint density at radius 3 is 1.12 bits per heavy atom. The van der Waals surface area contributed by atoms with Gasteiger partial charge in [-0.1, -0.05) is 12.1 Å². The molecule has 32 heavy (non-hydrogen) atoms. The molecule has 0 amide bonds. The molecule has 0 spiro atoms. The number of hydrogen-bond donors (Lipinski definition) is 0. The number of aryl methyl sites for hydroxylation is 4. The minimum Gasteiger partial charge on any atom is -0.497 e. The maximum atomic E-state index is 5.38. The van der Waals surface area contributed by atoms with E-state index in [1.807, 2.05) is 24.5 Å². The zero-order valence-corrected chi connectivity index (χ0v) is 19.5. The minimum atomic E-state index is 0.854. The van der Waals surface area contributed by atoms with Gasteiger partial charge in [-0.3, -0.25) is 9.97 Å². The summed E-state index contributed by atoms with van der Waals surface area (Å²) in [5.74, 6) is 1.75. The lowest BCUT2D eigenvalue weighted by atomic mass is 9.95. The third-order valence-electron chi connectivity index (χ3n) is 5.85. The van der Waals surface area contributed by atoms with Gasteiger partial charge in [-0.2, -0.15) is 0 Å². The van der Waals surface area contributed by atoms with Crippen LogP contribution in [0.2, 0.25) is 0 Å². The Hall–Kier alpha value is -3.66. The van der Waals surface area contributed by atoms with Gasteiger partial charge in [-0.05, 0) is 97.5 Å². The summed E-state index contributed by atoms with van der Waals surface area (Å²) in [6.45, 7) is 8.40. The summed E-state index contributed by atoms with van der Waals surface area (Å²) in [5, 5.41) is 0. The maximum Gasteiger partial charge on any atom is 0.119 e. The molecule has 0 N–H and O–H groups in total. The van der Waals surface area contributed by atoms with Crippen molar-refractivity contribution in [2.45, 2.75) is 27.7 Å². The molecule has 0 atom stereocenters. The first kappa shape index (κ1) is 21.6. The van der Waals surface area contributed by atoms with Crippen molar-refractivity contribution in [3.8, 4) is 45.1 Å². The van der Waals surface area contributed by atoms with Crippen molar-refractivity contribution in [1.29, 1.82) is 0 Å². The standard InChI is InChI=1S/C28H28N2O2/c1-17-11-23(31-5)12-18(2)27(17)21-7-9-25(29-15-21)26-10-8-22(16-30-26)28-19(3)13-24(32-6)14-20(28)4/h7-16H,1-6H3. The van der Waals surface area contributed by atoms with Gasteiger partial charge in [0, 0.05) is 23.5 Å². The largest absolute Gasteiger partial charge is 0.497 e. The van der Waals surface area contributed by atoms with Crippen molar-refractivity contribution in [3.05, 3.63) is 83.2 Å². The zero-order valence-electron chi connectivity index (χ0n) is 19.5. The van der Waals surface area contributed by atoms with Crippen LogP contribution in [0.3, 0.4) is 0 Å². The lowest BCUT2D eigenvalue weighted by molar-refractivity contribution is 0.414. The maximum absolute atomic E-state index is 5.38. The van der Waals surface area contributed by atoms with Gasteiger partial charge in [-0.25, -0.2) is 0 Å². The van der Waals surface area contributed by atoms with E-state index in [4.69, 9.17) is 19.4 Å². The number of hydrogen-bond acceptors (Lipinski definition) is 4. The quantitative estimate of drug-likeness (QED) is 0.356. The van der Waals surface area contributed by atoms with Crippen LogP contribution in [0.15, 0.2) is 60.9 Å². The van der Waals surface area contributed by atoms with Crippen molar-refractivity contribution < 1.29 is 9.47 Å². The highest BCUT2D eigenvalue weighted by molar-refractivity contribution is 5.74. The Balaban J connectivity index is 1.63. The molecule has 0 aliphatic carbocycles. The first-order valence-corrected chi connectivity index (χ1v) is 10.6. The van der Waals surface area contributed by atoms with Gasteiger partial charge < -0.3 is 9.47 Å². The molecule has 2 aromatic heterocycles. The van der Waals surface area contributed by atoms with Gasteiger partial charge in [0.15, 0.2) is 0 Å². The van der Waals surface area contributed by atoms with Crippen molar-refractivity contribution >= 4 is 0 Å². The van der Waals surface area contributed by atoms with E-state index in [1.165, 1.54) is 33.4 Å². The molecule has 4 heteroatoms. The molecule has 0 fully saturated rings. The summed E-state index contributed by atoms with van der Waals surface area (Å²) in [6, 6.07) is 16.5. The summed E-state index contributed by atoms with van der Waals surface area (Å²) in [5.41, 5.74) is 11.0. The predicted molar refractivity (Wildman–Crippen MR) is 130 cm³/mol. The van der Waals surface area contributed by atoms with E-state index in [0.717, 1.165) is 34.0 Å². The summed E-state index contributed by atoms with van der Waals surface area (Å²) >= 11 is 0. The smallest absolute Gasteiger partial charge is 0.119 e. The Morgan fingerprint density at radius 2 is 0.875 bits per heavy atom. The molecule has 2 aromatic carbocycles. The van der Waals surface area contributed by atoms with Crippen LogP contribution in [0.25, 0.3) is 33.6 Å². The van der Waals surface area contributed by atoms with E-state index < -0.39 is 0 Å². The number of pyridine rings is 2. The lowest BCUT2D eigenvalue weighted by Gasteiger charge is -2.13. The van der Waals surface area contributed by atoms with Gasteiger partial charge in [0.25, 0.3) is 0 Å². The first-order chi connectivity index (χ1) is 15.4. The molecule has 0 saturated heterocycles. The fourth-order valence-electron chi connectivity index (χ4n) is 4.38. The van der Waals surface area contributed by atoms with Crippen molar-refractivity contribution in [1.82, 2.24) is 9.97 Å². The number of rotatable bonds is 5. The third-order valence-corrected chi connectivity index (χ3v) is 5.85. The molecule has 0 aliphatic rings. The molecule has 0 saturated carbocycles. The fourth-order valence-corrected chi connectivity index (χ4v) is 4.38. The Morgan fingerprint density at radius 1 is 0.531 bits per heavy atom. The summed E-state index contributed by atoms with van der Waals surface area (Å²) in [4.78, 5) is 9.40. The van der Waals surface area contributed by atoms with Gasteiger partial charge >= 0.3 is 0 Å². The zero-order chi connectivity index (χ0) is 22.8. The number of aromatic nitrogens is 2. The average Bonchev–Trinajstić information content (AvgIpc) is 2.79. The second kappa shape index (κ2) is 8.83. The van der Waals surface area contributed by atoms with E-state index in [-0.39, 0.29) is 0 Å². The highest BCUT2D eigenvalue weighted by Gasteiger charge is 2.12. The van der Waals surface area contributed by atoms with Gasteiger partial charge in [0.1, 0.15) is 11.5 Å². The summed E-state index contributed by atoms with van der Waals surface area (Å²) in [6.07, 6.45) is 3.84. The Labute approximate surface area is 189 Å². The molecule has 162 valence electrons. The first-order valence-electron chi connectivity index (χ1n) is 10.6. The molecule has 4 aromatic rings. The van der Waals surface area contributed by atoms with E-state index in [1.54, 1.807) is 14.2 Å². The second-order valence-corrected chi connectivity index (χ2v) is 8.14. The third kappa shape index (κ3) is 4.09. The van der Waals surface area contributed by atoms with Crippen molar-refractivity contribution in [2.24, 2.45) is 0 Å². The summed E-state index contributed by atoms with van der Waals surface area (Å²) < 4.78 is 10.8. The Kier molecular flexibility index (Phi) is 5.95. The number of benzene rings is 2. The molecule has 0 unspecified atom stereocenters. The average molecular weight is 425 g/mol. The molecule has 4 rings (SSSR count). The van der Waals surface area contributed by atoms with Crippen molar-refractivity contribution in [2.75, 3.05) is 14.2 Å². The van der Waals surface area contributed by atoms with Gasteiger partial charge in [0.2, 0.25) is 0 Å². The van der Waals surface area contributed by atoms with E-state index >= 15 is 0 Å². The van der Waals surface area contributed by atoms with Crippen LogP contribution < -0.4 is 9.47 Å². The summed E-state index contributed by atoms with van der Waals surface area (Å²) in [7, 11) is 3.39. The molecule has 0 bridgehead atoms. The predicted octanol–water partition coefficient (Wildman–Crippen LogP) is 6.73. The van der Waals surface area contributed by atoms with Crippen molar-refractivity contribution in [3.63, 3.8) is 0 Å². The minimum absolute atomic E-state index is 0.854. The molecule has 4 nitrogen and oxygen atoms in total. The molecule has 0 aliphatic heterocycles. The second-order valence-electron chi connectivity index (χ2n) is 8.14. The highest BCUT2D eigenvalue weighted by atomic mass is 16.5. The van der Waals surface area contributed by atoms with Crippen LogP contribution in [0, 0.1) is 27.7 Å². The van der Waals surface area contributed by atoms with Crippen LogP contribution in [-0.2, 0) is 0 Å². The highest BCUT2D eigenvalue weighted by Crippen LogP contribution is 2.33. The van der Waals surface area contributed by atoms with Crippen LogP contribution in [0.4, 0.5) is 0 Å². The Bertz CT molecular complexity index is 1110. The van der Waals surface area contributed by atoms with E-state index in [0.29, 0.717) is 0 Å². The van der Waals surface area contributed by atoms with Crippen LogP contribution in [-0.4, -0.2) is 24.2 Å². The van der Waals surface area contributed by atoms with Crippen LogP contribution >= 0.6 is 0 Å². The van der Waals surface area contributed by atoms with E-state index in [9.17, 15) is 0 Å². The number of ether oxygens (including phenoxy) is 2. The van der Waals surface area contributed by atoms with Gasteiger partial charge in [-0.15, -0.1) is 0 Å². The molecular weight excluding hydrogens is 396 g/mol. The number of methoxy groups -OCH3 is 2. The van der Waals surface area contributed by atoms with Gasteiger partial charge in [0.05, 0.1) is 25.6 Å². The molecule has 0 radical (unpaired) electrons. The molecular formula is C28H28N2O2. The van der Waals surface area contributed by atoms with Crippen LogP contribution in [0.1, 0.15) is 22.3 Å². The fraction of sp³-hybridized carbons (Fsp3) is 0.214. The van der Waals surface area contributed by atoms with E-state index in [2.05, 4.69) is 64.1 Å². The topological polar surface area (TPSA) is 44.2 Å².